The minimum absolute atomic E-state index is 0.0414. The molecule has 2 aromatic carbocycles. The number of benzene rings is 2. The van der Waals surface area contributed by atoms with Crippen molar-refractivity contribution in [1.29, 1.82) is 0 Å². The fourth-order valence-corrected chi connectivity index (χ4v) is 5.35. The fourth-order valence-electron chi connectivity index (χ4n) is 5.35. The van der Waals surface area contributed by atoms with Gasteiger partial charge in [0.25, 0.3) is 0 Å². The standard InChI is InChI=1S/C30H36N/c1-6-9-10-13-24-16-15-22(4)27(20-24)25-17-18-26-23(5)30(7-2,8-3)31-19-12-11-14-29(31)28(26)21-25/h11-12,14-21H,5-10,13H2,1-4H3/q+1. The Morgan fingerprint density at radius 2 is 1.65 bits per heavy atom. The molecule has 1 heteroatoms. The van der Waals surface area contributed by atoms with Crippen molar-refractivity contribution in [2.75, 3.05) is 0 Å². The minimum atomic E-state index is -0.0414. The van der Waals surface area contributed by atoms with E-state index in [0.29, 0.717) is 0 Å². The Kier molecular flexibility index (Phi) is 6.14. The lowest BCUT2D eigenvalue weighted by Gasteiger charge is -2.35. The van der Waals surface area contributed by atoms with Gasteiger partial charge in [0.1, 0.15) is 0 Å². The van der Waals surface area contributed by atoms with Gasteiger partial charge in [-0.05, 0) is 59.7 Å². The Bertz CT molecular complexity index is 1100. The van der Waals surface area contributed by atoms with Crippen LogP contribution in [0.5, 0.6) is 0 Å². The summed E-state index contributed by atoms with van der Waals surface area (Å²) in [6.07, 6.45) is 9.33. The average Bonchev–Trinajstić information content (AvgIpc) is 2.81. The summed E-state index contributed by atoms with van der Waals surface area (Å²) in [5.41, 5.74) is 10.5. The number of aryl methyl sites for hydroxylation is 2. The summed E-state index contributed by atoms with van der Waals surface area (Å²) in [5.74, 6) is 0. The highest BCUT2D eigenvalue weighted by molar-refractivity contribution is 5.86. The molecule has 2 heterocycles. The van der Waals surface area contributed by atoms with Gasteiger partial charge in [0.05, 0.1) is 5.56 Å². The summed E-state index contributed by atoms with van der Waals surface area (Å²) in [6.45, 7) is 13.7. The van der Waals surface area contributed by atoms with Crippen LogP contribution in [0.1, 0.15) is 69.6 Å². The number of hydrogen-bond donors (Lipinski definition) is 0. The highest BCUT2D eigenvalue weighted by Crippen LogP contribution is 2.44. The first-order valence-electron chi connectivity index (χ1n) is 12.0. The predicted octanol–water partition coefficient (Wildman–Crippen LogP) is 7.89. The lowest BCUT2D eigenvalue weighted by Crippen LogP contribution is -2.59. The van der Waals surface area contributed by atoms with E-state index >= 15 is 0 Å². The van der Waals surface area contributed by atoms with Crippen molar-refractivity contribution in [1.82, 2.24) is 0 Å². The monoisotopic (exact) mass is 410 g/mol. The van der Waals surface area contributed by atoms with Crippen LogP contribution in [0.15, 0.2) is 67.4 Å². The molecule has 31 heavy (non-hydrogen) atoms. The number of pyridine rings is 1. The Morgan fingerprint density at radius 1 is 0.839 bits per heavy atom. The van der Waals surface area contributed by atoms with Gasteiger partial charge < -0.3 is 0 Å². The molecule has 1 nitrogen and oxygen atoms in total. The molecule has 1 aliphatic heterocycles. The topological polar surface area (TPSA) is 3.88 Å². The third-order valence-electron chi connectivity index (χ3n) is 7.36. The highest BCUT2D eigenvalue weighted by atomic mass is 15.1. The van der Waals surface area contributed by atoms with Crippen LogP contribution < -0.4 is 4.57 Å². The zero-order chi connectivity index (χ0) is 22.0. The van der Waals surface area contributed by atoms with Gasteiger partial charge in [-0.25, -0.2) is 0 Å². The maximum atomic E-state index is 4.60. The van der Waals surface area contributed by atoms with Gasteiger partial charge >= 0.3 is 0 Å². The maximum absolute atomic E-state index is 4.60. The normalized spacial score (nSPS) is 14.3. The number of hydrogen-bond acceptors (Lipinski definition) is 0. The first kappa shape index (κ1) is 21.6. The molecule has 0 bridgehead atoms. The number of aromatic nitrogens is 1. The molecule has 0 amide bonds. The van der Waals surface area contributed by atoms with Crippen LogP contribution in [-0.4, -0.2) is 0 Å². The number of unbranched alkanes of at least 4 members (excludes halogenated alkanes) is 2. The molecule has 0 saturated heterocycles. The van der Waals surface area contributed by atoms with Gasteiger partial charge in [-0.15, -0.1) is 0 Å². The maximum Gasteiger partial charge on any atom is 0.213 e. The lowest BCUT2D eigenvalue weighted by atomic mass is 9.75. The molecule has 0 spiro atoms. The average molecular weight is 411 g/mol. The molecule has 0 atom stereocenters. The molecule has 4 rings (SSSR count). The van der Waals surface area contributed by atoms with Gasteiger partial charge in [-0.1, -0.05) is 70.5 Å². The van der Waals surface area contributed by atoms with Crippen molar-refractivity contribution in [3.05, 3.63) is 84.1 Å². The van der Waals surface area contributed by atoms with E-state index in [-0.39, 0.29) is 5.54 Å². The molecular weight excluding hydrogens is 374 g/mol. The van der Waals surface area contributed by atoms with Crippen molar-refractivity contribution in [3.8, 4) is 22.4 Å². The summed E-state index contributed by atoms with van der Waals surface area (Å²) < 4.78 is 2.47. The number of fused-ring (bicyclic) bond motifs is 3. The smallest absolute Gasteiger partial charge is 0.189 e. The van der Waals surface area contributed by atoms with E-state index in [1.807, 2.05) is 0 Å². The van der Waals surface area contributed by atoms with Gasteiger partial charge in [0.15, 0.2) is 11.7 Å². The second kappa shape index (κ2) is 8.83. The Hall–Kier alpha value is -2.67. The van der Waals surface area contributed by atoms with E-state index in [1.165, 1.54) is 63.9 Å². The van der Waals surface area contributed by atoms with E-state index in [4.69, 9.17) is 0 Å². The van der Waals surface area contributed by atoms with Crippen LogP contribution in [-0.2, 0) is 12.0 Å². The fraction of sp³-hybridized carbons (Fsp3) is 0.367. The first-order valence-corrected chi connectivity index (χ1v) is 12.0. The largest absolute Gasteiger partial charge is 0.213 e. The van der Waals surface area contributed by atoms with Crippen molar-refractivity contribution >= 4 is 5.57 Å². The summed E-state index contributed by atoms with van der Waals surface area (Å²) in [7, 11) is 0. The van der Waals surface area contributed by atoms with Gasteiger partial charge in [0.2, 0.25) is 5.69 Å². The molecule has 0 saturated carbocycles. The van der Waals surface area contributed by atoms with Gasteiger partial charge in [-0.2, -0.15) is 4.57 Å². The quantitative estimate of drug-likeness (QED) is 0.275. The molecule has 0 fully saturated rings. The summed E-state index contributed by atoms with van der Waals surface area (Å²) in [4.78, 5) is 0. The first-order chi connectivity index (χ1) is 15.1. The molecule has 160 valence electrons. The van der Waals surface area contributed by atoms with E-state index in [9.17, 15) is 0 Å². The Labute approximate surface area is 188 Å². The summed E-state index contributed by atoms with van der Waals surface area (Å²) in [6, 6.07) is 20.6. The number of allylic oxidation sites excluding steroid dienone is 1. The van der Waals surface area contributed by atoms with E-state index in [1.54, 1.807) is 0 Å². The molecule has 0 unspecified atom stereocenters. The van der Waals surface area contributed by atoms with Crippen molar-refractivity contribution in [3.63, 3.8) is 0 Å². The molecule has 1 aliphatic rings. The van der Waals surface area contributed by atoms with Crippen LogP contribution in [0, 0.1) is 6.92 Å². The zero-order valence-electron chi connectivity index (χ0n) is 19.7. The van der Waals surface area contributed by atoms with E-state index in [0.717, 1.165) is 19.3 Å². The van der Waals surface area contributed by atoms with Crippen LogP contribution in [0.3, 0.4) is 0 Å². The number of rotatable bonds is 7. The molecule has 1 aromatic heterocycles. The lowest BCUT2D eigenvalue weighted by molar-refractivity contribution is -0.741. The van der Waals surface area contributed by atoms with Crippen molar-refractivity contribution in [2.24, 2.45) is 0 Å². The predicted molar refractivity (Wildman–Crippen MR) is 133 cm³/mol. The zero-order valence-corrected chi connectivity index (χ0v) is 19.7. The second-order valence-electron chi connectivity index (χ2n) is 9.04. The van der Waals surface area contributed by atoms with E-state index in [2.05, 4.69) is 99.6 Å². The van der Waals surface area contributed by atoms with Crippen molar-refractivity contribution < 1.29 is 4.57 Å². The Balaban J connectivity index is 1.83. The SMILES string of the molecule is C=C1c2ccc(-c3cc(CCCCC)ccc3C)cc2-c2cccc[n+]2C1(CC)CC. The van der Waals surface area contributed by atoms with Crippen LogP contribution in [0.25, 0.3) is 28.0 Å². The third-order valence-corrected chi connectivity index (χ3v) is 7.36. The van der Waals surface area contributed by atoms with Crippen molar-refractivity contribution in [2.45, 2.75) is 71.8 Å². The number of nitrogens with zero attached hydrogens (tertiary/aromatic N) is 1. The van der Waals surface area contributed by atoms with Crippen LogP contribution in [0.2, 0.25) is 0 Å². The van der Waals surface area contributed by atoms with Crippen LogP contribution in [0.4, 0.5) is 0 Å². The molecule has 3 aromatic rings. The Morgan fingerprint density at radius 3 is 2.39 bits per heavy atom. The highest BCUT2D eigenvalue weighted by Gasteiger charge is 2.46. The molecule has 0 radical (unpaired) electrons. The third kappa shape index (κ3) is 3.65. The molecular formula is C30H36N+. The van der Waals surface area contributed by atoms with E-state index < -0.39 is 0 Å². The minimum Gasteiger partial charge on any atom is -0.189 e. The molecule has 0 N–H and O–H groups in total. The summed E-state index contributed by atoms with van der Waals surface area (Å²) in [5, 5.41) is 0. The summed E-state index contributed by atoms with van der Waals surface area (Å²) >= 11 is 0. The van der Waals surface area contributed by atoms with Gasteiger partial charge in [0, 0.05) is 30.5 Å². The molecule has 0 aliphatic carbocycles. The van der Waals surface area contributed by atoms with Crippen LogP contribution >= 0.6 is 0 Å². The van der Waals surface area contributed by atoms with Gasteiger partial charge in [-0.3, -0.25) is 0 Å². The second-order valence-corrected chi connectivity index (χ2v) is 9.04.